The molecule has 22 heavy (non-hydrogen) atoms. The van der Waals surface area contributed by atoms with Gasteiger partial charge in [0.05, 0.1) is 6.61 Å². The highest BCUT2D eigenvalue weighted by Gasteiger charge is 2.55. The third kappa shape index (κ3) is 1.35. The predicted molar refractivity (Wildman–Crippen MR) is 84.7 cm³/mol. The number of carbonyl (C=O) groups is 1. The van der Waals surface area contributed by atoms with E-state index in [1.54, 1.807) is 0 Å². The first-order valence-electron chi connectivity index (χ1n) is 7.23. The van der Waals surface area contributed by atoms with Gasteiger partial charge < -0.3 is 14.8 Å². The minimum atomic E-state index is -0.762. The third-order valence-corrected chi connectivity index (χ3v) is 5.43. The van der Waals surface area contributed by atoms with Crippen LogP contribution in [0.25, 0.3) is 0 Å². The molecule has 0 radical (unpaired) electrons. The van der Waals surface area contributed by atoms with Crippen LogP contribution in [0.5, 0.6) is 11.5 Å². The van der Waals surface area contributed by atoms with Gasteiger partial charge in [-0.05, 0) is 23.8 Å². The Morgan fingerprint density at radius 1 is 1.18 bits per heavy atom. The van der Waals surface area contributed by atoms with Gasteiger partial charge >= 0.3 is 0 Å². The molecule has 5 rings (SSSR count). The van der Waals surface area contributed by atoms with Gasteiger partial charge in [-0.25, -0.2) is 0 Å². The Labute approximate surface area is 135 Å². The second-order valence-corrected chi connectivity index (χ2v) is 6.72. The zero-order valence-electron chi connectivity index (χ0n) is 11.6. The molecule has 1 N–H and O–H groups in total. The Balaban J connectivity index is 1.81. The quantitative estimate of drug-likeness (QED) is 0.788. The zero-order chi connectivity index (χ0) is 14.9. The molecule has 0 bridgehead atoms. The van der Waals surface area contributed by atoms with E-state index in [0.717, 1.165) is 44.8 Å². The van der Waals surface area contributed by atoms with Gasteiger partial charge in [0.15, 0.2) is 0 Å². The minimum absolute atomic E-state index is 0.0213. The molecule has 1 amide bonds. The summed E-state index contributed by atoms with van der Waals surface area (Å²) in [5.41, 5.74) is 3.16. The number of ether oxygens (including phenoxy) is 2. The van der Waals surface area contributed by atoms with Gasteiger partial charge in [0.2, 0.25) is 5.91 Å². The van der Waals surface area contributed by atoms with Crippen LogP contribution in [0.1, 0.15) is 16.7 Å². The molecule has 0 saturated heterocycles. The lowest BCUT2D eigenvalue weighted by Gasteiger charge is -2.21. The summed E-state index contributed by atoms with van der Waals surface area (Å²) >= 11 is 3.60. The van der Waals surface area contributed by atoms with E-state index in [1.807, 2.05) is 24.3 Å². The molecule has 3 heterocycles. The number of amides is 1. The van der Waals surface area contributed by atoms with Crippen LogP contribution in [-0.2, 0) is 16.6 Å². The number of hydrogen-bond acceptors (Lipinski definition) is 3. The molecular weight excluding hydrogens is 346 g/mol. The number of anilines is 1. The van der Waals surface area contributed by atoms with Crippen molar-refractivity contribution in [3.05, 3.63) is 51.5 Å². The largest absolute Gasteiger partial charge is 0.493 e. The van der Waals surface area contributed by atoms with Crippen molar-refractivity contribution in [3.8, 4) is 11.5 Å². The number of halogens is 1. The number of carbonyl (C=O) groups excluding carboxylic acids is 1. The maximum Gasteiger partial charge on any atom is 0.243 e. The molecule has 3 aliphatic rings. The van der Waals surface area contributed by atoms with Crippen molar-refractivity contribution in [3.63, 3.8) is 0 Å². The number of hydrogen-bond donors (Lipinski definition) is 1. The first kappa shape index (κ1) is 12.5. The van der Waals surface area contributed by atoms with Gasteiger partial charge in [0.25, 0.3) is 0 Å². The predicted octanol–water partition coefficient (Wildman–Crippen LogP) is 3.01. The third-order valence-electron chi connectivity index (χ3n) is 4.77. The van der Waals surface area contributed by atoms with Crippen LogP contribution in [0.3, 0.4) is 0 Å². The topological polar surface area (TPSA) is 47.6 Å². The zero-order valence-corrected chi connectivity index (χ0v) is 13.2. The second-order valence-electron chi connectivity index (χ2n) is 5.87. The highest BCUT2D eigenvalue weighted by molar-refractivity contribution is 9.10. The number of fused-ring (bicyclic) bond motifs is 5. The van der Waals surface area contributed by atoms with E-state index in [9.17, 15) is 4.79 Å². The molecule has 2 aromatic rings. The summed E-state index contributed by atoms with van der Waals surface area (Å²) in [6.07, 6.45) is 0.878. The van der Waals surface area contributed by atoms with Gasteiger partial charge in [0.1, 0.15) is 23.5 Å². The van der Waals surface area contributed by atoms with E-state index < -0.39 is 5.41 Å². The summed E-state index contributed by atoms with van der Waals surface area (Å²) < 4.78 is 12.4. The van der Waals surface area contributed by atoms with Gasteiger partial charge in [-0.3, -0.25) is 4.79 Å². The minimum Gasteiger partial charge on any atom is -0.493 e. The first-order valence-corrected chi connectivity index (χ1v) is 8.03. The van der Waals surface area contributed by atoms with Crippen molar-refractivity contribution in [2.45, 2.75) is 11.8 Å². The molecule has 110 valence electrons. The lowest BCUT2D eigenvalue weighted by molar-refractivity contribution is -0.119. The van der Waals surface area contributed by atoms with E-state index in [1.165, 1.54) is 0 Å². The SMILES string of the molecule is O=C1Nc2cccc(Br)c2C12COc1cc3c(cc12)CCO3. The molecule has 2 aromatic carbocycles. The average molecular weight is 358 g/mol. The summed E-state index contributed by atoms with van der Waals surface area (Å²) in [6, 6.07) is 9.83. The van der Waals surface area contributed by atoms with Crippen LogP contribution in [0.15, 0.2) is 34.8 Å². The Hall–Kier alpha value is -2.01. The van der Waals surface area contributed by atoms with Crippen LogP contribution in [0.2, 0.25) is 0 Å². The lowest BCUT2D eigenvalue weighted by Crippen LogP contribution is -2.37. The standard InChI is InChI=1S/C17H12BrNO3/c18-11-2-1-3-12-15(11)17(16(20)19-12)8-22-14-7-13-9(4-5-21-13)6-10(14)17/h1-3,6-7H,4-5,8H2,(H,19,20). The smallest absolute Gasteiger partial charge is 0.243 e. The van der Waals surface area contributed by atoms with Gasteiger partial charge in [-0.15, -0.1) is 0 Å². The maximum absolute atomic E-state index is 12.8. The molecule has 3 aliphatic heterocycles. The fourth-order valence-electron chi connectivity index (χ4n) is 3.72. The molecule has 0 fully saturated rings. The van der Waals surface area contributed by atoms with Crippen molar-refractivity contribution in [2.24, 2.45) is 0 Å². The molecule has 4 nitrogen and oxygen atoms in total. The van der Waals surface area contributed by atoms with E-state index in [-0.39, 0.29) is 5.91 Å². The molecule has 1 spiro atoms. The van der Waals surface area contributed by atoms with Crippen molar-refractivity contribution in [1.82, 2.24) is 0 Å². The van der Waals surface area contributed by atoms with Crippen molar-refractivity contribution >= 4 is 27.5 Å². The number of nitrogens with one attached hydrogen (secondary N) is 1. The van der Waals surface area contributed by atoms with E-state index >= 15 is 0 Å². The van der Waals surface area contributed by atoms with Gasteiger partial charge in [0, 0.05) is 33.8 Å². The summed E-state index contributed by atoms with van der Waals surface area (Å²) in [4.78, 5) is 12.8. The highest BCUT2D eigenvalue weighted by Crippen LogP contribution is 2.53. The molecule has 1 unspecified atom stereocenters. The summed E-state index contributed by atoms with van der Waals surface area (Å²) in [7, 11) is 0. The summed E-state index contributed by atoms with van der Waals surface area (Å²) in [5, 5.41) is 3.00. The fourth-order valence-corrected chi connectivity index (χ4v) is 4.43. The van der Waals surface area contributed by atoms with Crippen LogP contribution >= 0.6 is 15.9 Å². The molecule has 0 aliphatic carbocycles. The number of benzene rings is 2. The normalized spacial score (nSPS) is 23.6. The van der Waals surface area contributed by atoms with Crippen molar-refractivity contribution in [2.75, 3.05) is 18.5 Å². The first-order chi connectivity index (χ1) is 10.7. The Kier molecular flexibility index (Phi) is 2.30. The monoisotopic (exact) mass is 357 g/mol. The van der Waals surface area contributed by atoms with Gasteiger partial charge in [-0.2, -0.15) is 0 Å². The molecular formula is C17H12BrNO3. The van der Waals surface area contributed by atoms with Crippen LogP contribution in [0.4, 0.5) is 5.69 Å². The van der Waals surface area contributed by atoms with Crippen molar-refractivity contribution < 1.29 is 14.3 Å². The Morgan fingerprint density at radius 2 is 2.09 bits per heavy atom. The molecule has 1 atom stereocenters. The van der Waals surface area contributed by atoms with Crippen molar-refractivity contribution in [1.29, 1.82) is 0 Å². The van der Waals surface area contributed by atoms with Crippen LogP contribution < -0.4 is 14.8 Å². The van der Waals surface area contributed by atoms with Crippen LogP contribution in [-0.4, -0.2) is 19.1 Å². The van der Waals surface area contributed by atoms with E-state index in [0.29, 0.717) is 13.2 Å². The fraction of sp³-hybridized carbons (Fsp3) is 0.235. The summed E-state index contributed by atoms with van der Waals surface area (Å²) in [6.45, 7) is 1.02. The Morgan fingerprint density at radius 3 is 3.00 bits per heavy atom. The van der Waals surface area contributed by atoms with Crippen LogP contribution in [0, 0.1) is 0 Å². The highest BCUT2D eigenvalue weighted by atomic mass is 79.9. The van der Waals surface area contributed by atoms with E-state index in [2.05, 4.69) is 27.3 Å². The average Bonchev–Trinajstić information content (AvgIpc) is 3.16. The summed E-state index contributed by atoms with van der Waals surface area (Å²) in [5.74, 6) is 1.60. The van der Waals surface area contributed by atoms with Gasteiger partial charge in [-0.1, -0.05) is 22.0 Å². The Bertz CT molecular complexity index is 848. The molecule has 5 heteroatoms. The second kappa shape index (κ2) is 4.04. The number of rotatable bonds is 0. The lowest BCUT2D eigenvalue weighted by atomic mass is 9.76. The molecule has 0 aromatic heterocycles. The van der Waals surface area contributed by atoms with E-state index in [4.69, 9.17) is 9.47 Å². The molecule has 0 saturated carbocycles. The maximum atomic E-state index is 12.8.